The zero-order valence-corrected chi connectivity index (χ0v) is 14.7. The fraction of sp³-hybridized carbons (Fsp3) is 0.381. The molecule has 0 aromatic heterocycles. The van der Waals surface area contributed by atoms with Crippen LogP contribution in [0, 0.1) is 6.92 Å². The normalized spacial score (nSPS) is 10.4. The number of hydrogen-bond donors (Lipinski definition) is 1. The molecule has 0 bridgehead atoms. The van der Waals surface area contributed by atoms with Crippen molar-refractivity contribution < 1.29 is 9.53 Å². The average Bonchev–Trinajstić information content (AvgIpc) is 2.59. The van der Waals surface area contributed by atoms with Gasteiger partial charge in [-0.1, -0.05) is 50.3 Å². The van der Waals surface area contributed by atoms with E-state index in [1.165, 1.54) is 25.7 Å². The van der Waals surface area contributed by atoms with Crippen molar-refractivity contribution in [2.24, 2.45) is 0 Å². The number of unbranched alkanes of at least 4 members (excludes halogenated alkanes) is 4. The largest absolute Gasteiger partial charge is 0.494 e. The van der Waals surface area contributed by atoms with E-state index in [1.54, 1.807) is 0 Å². The Morgan fingerprint density at radius 2 is 1.75 bits per heavy atom. The molecule has 0 aliphatic carbocycles. The Kier molecular flexibility index (Phi) is 7.34. The Balaban J connectivity index is 1.78. The first kappa shape index (κ1) is 18.1. The van der Waals surface area contributed by atoms with Crippen molar-refractivity contribution in [3.63, 3.8) is 0 Å². The molecular weight excluding hydrogens is 298 g/mol. The Morgan fingerprint density at radius 3 is 2.46 bits per heavy atom. The van der Waals surface area contributed by atoms with Crippen LogP contribution in [0.2, 0.25) is 0 Å². The average molecular weight is 325 g/mol. The summed E-state index contributed by atoms with van der Waals surface area (Å²) in [5.41, 5.74) is 2.52. The van der Waals surface area contributed by atoms with Crippen molar-refractivity contribution >= 4 is 11.6 Å². The molecule has 0 fully saturated rings. The van der Waals surface area contributed by atoms with Crippen molar-refractivity contribution in [3.8, 4) is 5.75 Å². The van der Waals surface area contributed by atoms with E-state index < -0.39 is 0 Å². The van der Waals surface area contributed by atoms with Crippen LogP contribution in [0.15, 0.2) is 48.5 Å². The van der Waals surface area contributed by atoms with Crippen LogP contribution < -0.4 is 10.1 Å². The van der Waals surface area contributed by atoms with Crippen LogP contribution in [0.3, 0.4) is 0 Å². The summed E-state index contributed by atoms with van der Waals surface area (Å²) in [6.45, 7) is 4.94. The summed E-state index contributed by atoms with van der Waals surface area (Å²) in [5, 5.41) is 2.91. The number of ether oxygens (including phenoxy) is 1. The highest BCUT2D eigenvalue weighted by Crippen LogP contribution is 2.17. The first-order valence-electron chi connectivity index (χ1n) is 8.80. The molecule has 2 aromatic rings. The second kappa shape index (κ2) is 9.76. The van der Waals surface area contributed by atoms with E-state index in [4.69, 9.17) is 4.74 Å². The minimum atomic E-state index is -0.0942. The number of carbonyl (C=O) groups excluding carboxylic acids is 1. The Labute approximate surface area is 145 Å². The molecule has 2 aromatic carbocycles. The smallest absolute Gasteiger partial charge is 0.255 e. The van der Waals surface area contributed by atoms with Crippen LogP contribution >= 0.6 is 0 Å². The number of hydrogen-bond acceptors (Lipinski definition) is 2. The lowest BCUT2D eigenvalue weighted by atomic mass is 10.1. The van der Waals surface area contributed by atoms with Gasteiger partial charge in [0.05, 0.1) is 6.61 Å². The van der Waals surface area contributed by atoms with Crippen LogP contribution in [-0.4, -0.2) is 12.5 Å². The Hall–Kier alpha value is -2.29. The molecule has 1 N–H and O–H groups in total. The molecule has 0 saturated heterocycles. The van der Waals surface area contributed by atoms with Gasteiger partial charge < -0.3 is 10.1 Å². The highest BCUT2D eigenvalue weighted by Gasteiger charge is 2.06. The van der Waals surface area contributed by atoms with E-state index in [1.807, 2.05) is 55.5 Å². The highest BCUT2D eigenvalue weighted by molar-refractivity contribution is 6.04. The molecule has 2 rings (SSSR count). The number of benzene rings is 2. The van der Waals surface area contributed by atoms with Gasteiger partial charge in [0, 0.05) is 11.3 Å². The van der Waals surface area contributed by atoms with Crippen molar-refractivity contribution in [3.05, 3.63) is 59.7 Å². The van der Waals surface area contributed by atoms with E-state index >= 15 is 0 Å². The van der Waals surface area contributed by atoms with Crippen molar-refractivity contribution in [1.82, 2.24) is 0 Å². The number of nitrogens with one attached hydrogen (secondary N) is 1. The van der Waals surface area contributed by atoms with Crippen LogP contribution in [0.4, 0.5) is 5.69 Å². The van der Waals surface area contributed by atoms with Gasteiger partial charge in [-0.25, -0.2) is 0 Å². The maximum Gasteiger partial charge on any atom is 0.255 e. The molecule has 1 amide bonds. The van der Waals surface area contributed by atoms with Crippen molar-refractivity contribution in [2.75, 3.05) is 11.9 Å². The number of rotatable bonds is 9. The van der Waals surface area contributed by atoms with Gasteiger partial charge in [-0.3, -0.25) is 4.79 Å². The Bertz CT molecular complexity index is 635. The molecule has 0 aliphatic heterocycles. The molecule has 0 saturated carbocycles. The van der Waals surface area contributed by atoms with Crippen LogP contribution in [0.1, 0.15) is 54.9 Å². The summed E-state index contributed by atoms with van der Waals surface area (Å²) in [6, 6.07) is 15.1. The van der Waals surface area contributed by atoms with Gasteiger partial charge in [-0.05, 0) is 49.7 Å². The second-order valence-electron chi connectivity index (χ2n) is 6.11. The number of anilines is 1. The highest BCUT2D eigenvalue weighted by atomic mass is 16.5. The first-order valence-corrected chi connectivity index (χ1v) is 8.80. The molecule has 0 aliphatic rings. The summed E-state index contributed by atoms with van der Waals surface area (Å²) < 4.78 is 5.73. The minimum absolute atomic E-state index is 0.0942. The van der Waals surface area contributed by atoms with Crippen LogP contribution in [-0.2, 0) is 0 Å². The fourth-order valence-electron chi connectivity index (χ4n) is 2.52. The lowest BCUT2D eigenvalue weighted by Crippen LogP contribution is -2.11. The third kappa shape index (κ3) is 6.07. The second-order valence-corrected chi connectivity index (χ2v) is 6.11. The van der Waals surface area contributed by atoms with Crippen LogP contribution in [0.25, 0.3) is 0 Å². The maximum absolute atomic E-state index is 12.2. The maximum atomic E-state index is 12.2. The SMILES string of the molecule is CCCCCCCOc1ccc(NC(=O)c2cccc(C)c2)cc1. The summed E-state index contributed by atoms with van der Waals surface area (Å²) in [4.78, 5) is 12.2. The predicted molar refractivity (Wildman–Crippen MR) is 99.8 cm³/mol. The molecule has 0 heterocycles. The van der Waals surface area contributed by atoms with Gasteiger partial charge in [0.15, 0.2) is 0 Å². The molecular formula is C21H27NO2. The predicted octanol–water partition coefficient (Wildman–Crippen LogP) is 5.60. The molecule has 0 atom stereocenters. The van der Waals surface area contributed by atoms with E-state index in [-0.39, 0.29) is 5.91 Å². The van der Waals surface area contributed by atoms with Gasteiger partial charge in [-0.15, -0.1) is 0 Å². The molecule has 0 radical (unpaired) electrons. The molecule has 3 nitrogen and oxygen atoms in total. The first-order chi connectivity index (χ1) is 11.7. The fourth-order valence-corrected chi connectivity index (χ4v) is 2.52. The molecule has 0 unspecified atom stereocenters. The van der Waals surface area contributed by atoms with E-state index in [0.717, 1.165) is 30.0 Å². The van der Waals surface area contributed by atoms with Gasteiger partial charge in [0.2, 0.25) is 0 Å². The summed E-state index contributed by atoms with van der Waals surface area (Å²) in [6.07, 6.45) is 6.15. The van der Waals surface area contributed by atoms with Gasteiger partial charge >= 0.3 is 0 Å². The number of aryl methyl sites for hydroxylation is 1. The number of carbonyl (C=O) groups is 1. The van der Waals surface area contributed by atoms with Gasteiger partial charge in [-0.2, -0.15) is 0 Å². The zero-order valence-electron chi connectivity index (χ0n) is 14.7. The number of amides is 1. The van der Waals surface area contributed by atoms with Crippen molar-refractivity contribution in [2.45, 2.75) is 46.0 Å². The third-order valence-electron chi connectivity index (χ3n) is 3.91. The topological polar surface area (TPSA) is 38.3 Å². The molecule has 0 spiro atoms. The monoisotopic (exact) mass is 325 g/mol. The Morgan fingerprint density at radius 1 is 1.00 bits per heavy atom. The minimum Gasteiger partial charge on any atom is -0.494 e. The molecule has 128 valence electrons. The van der Waals surface area contributed by atoms with E-state index in [9.17, 15) is 4.79 Å². The summed E-state index contributed by atoms with van der Waals surface area (Å²) in [5.74, 6) is 0.752. The quantitative estimate of drug-likeness (QED) is 0.610. The van der Waals surface area contributed by atoms with Gasteiger partial charge in [0.25, 0.3) is 5.91 Å². The lowest BCUT2D eigenvalue weighted by molar-refractivity contribution is 0.102. The zero-order chi connectivity index (χ0) is 17.2. The van der Waals surface area contributed by atoms with Crippen molar-refractivity contribution in [1.29, 1.82) is 0 Å². The molecule has 24 heavy (non-hydrogen) atoms. The van der Waals surface area contributed by atoms with E-state index in [0.29, 0.717) is 5.56 Å². The lowest BCUT2D eigenvalue weighted by Gasteiger charge is -2.09. The van der Waals surface area contributed by atoms with E-state index in [2.05, 4.69) is 12.2 Å². The van der Waals surface area contributed by atoms with Gasteiger partial charge in [0.1, 0.15) is 5.75 Å². The molecule has 3 heteroatoms. The summed E-state index contributed by atoms with van der Waals surface area (Å²) in [7, 11) is 0. The van der Waals surface area contributed by atoms with Crippen LogP contribution in [0.5, 0.6) is 5.75 Å². The summed E-state index contributed by atoms with van der Waals surface area (Å²) >= 11 is 0. The third-order valence-corrected chi connectivity index (χ3v) is 3.91. The standard InChI is InChI=1S/C21H27NO2/c1-3-4-5-6-7-15-24-20-13-11-19(12-14-20)22-21(23)18-10-8-9-17(2)16-18/h8-14,16H,3-7,15H2,1-2H3,(H,22,23).